The van der Waals surface area contributed by atoms with Gasteiger partial charge in [0.05, 0.1) is 19.5 Å². The lowest BCUT2D eigenvalue weighted by atomic mass is 10.1. The molecule has 174 valence electrons. The quantitative estimate of drug-likeness (QED) is 0.0927. The zero-order valence-corrected chi connectivity index (χ0v) is 19.3. The predicted molar refractivity (Wildman–Crippen MR) is 120 cm³/mol. The molecule has 0 aromatic heterocycles. The number of carbonyl (C=O) groups is 3. The molecule has 0 rings (SSSR count). The average Bonchev–Trinajstić information content (AvgIpc) is 2.71. The largest absolute Gasteiger partial charge is 0.463 e. The molecule has 0 saturated carbocycles. The van der Waals surface area contributed by atoms with Crippen LogP contribution >= 0.6 is 0 Å². The summed E-state index contributed by atoms with van der Waals surface area (Å²) < 4.78 is 14.3. The van der Waals surface area contributed by atoms with Gasteiger partial charge in [-0.25, -0.2) is 9.59 Å². The SMILES string of the molecule is C=COC(C)=O.CCCCCCCCOC(=O)/C=C\C(=O)OCCCCCCCC. The summed E-state index contributed by atoms with van der Waals surface area (Å²) >= 11 is 0. The minimum absolute atomic E-state index is 0.329. The van der Waals surface area contributed by atoms with Crippen molar-refractivity contribution in [2.75, 3.05) is 13.2 Å². The van der Waals surface area contributed by atoms with Crippen LogP contribution in [0, 0.1) is 0 Å². The first-order chi connectivity index (χ1) is 14.5. The van der Waals surface area contributed by atoms with Crippen LogP contribution in [0.4, 0.5) is 0 Å². The molecule has 0 fully saturated rings. The van der Waals surface area contributed by atoms with E-state index in [0.717, 1.165) is 44.1 Å². The average molecular weight is 427 g/mol. The molecule has 0 bridgehead atoms. The molecule has 0 amide bonds. The van der Waals surface area contributed by atoms with E-state index < -0.39 is 11.9 Å². The number of hydrogen-bond acceptors (Lipinski definition) is 6. The highest BCUT2D eigenvalue weighted by atomic mass is 16.5. The van der Waals surface area contributed by atoms with Crippen LogP contribution < -0.4 is 0 Å². The number of esters is 3. The lowest BCUT2D eigenvalue weighted by molar-refractivity contribution is -0.140. The Morgan fingerprint density at radius 3 is 1.33 bits per heavy atom. The van der Waals surface area contributed by atoms with Gasteiger partial charge in [-0.3, -0.25) is 4.79 Å². The molecule has 30 heavy (non-hydrogen) atoms. The Hall–Kier alpha value is -2.11. The zero-order valence-electron chi connectivity index (χ0n) is 19.3. The molecule has 0 heterocycles. The fraction of sp³-hybridized carbons (Fsp3) is 0.708. The lowest BCUT2D eigenvalue weighted by Crippen LogP contribution is -2.06. The van der Waals surface area contributed by atoms with E-state index in [0.29, 0.717) is 13.2 Å². The monoisotopic (exact) mass is 426 g/mol. The maximum Gasteiger partial charge on any atom is 0.331 e. The number of ether oxygens (including phenoxy) is 3. The topological polar surface area (TPSA) is 78.9 Å². The summed E-state index contributed by atoms with van der Waals surface area (Å²) in [6, 6.07) is 0. The lowest BCUT2D eigenvalue weighted by Gasteiger charge is -2.03. The molecule has 0 aliphatic rings. The van der Waals surface area contributed by atoms with E-state index in [1.54, 1.807) is 0 Å². The third-order valence-electron chi connectivity index (χ3n) is 4.09. The summed E-state index contributed by atoms with van der Waals surface area (Å²) in [6.45, 7) is 9.69. The van der Waals surface area contributed by atoms with Crippen LogP contribution in [0.25, 0.3) is 0 Å². The second-order valence-corrected chi connectivity index (χ2v) is 6.98. The Kier molecular flexibility index (Phi) is 25.0. The third kappa shape index (κ3) is 28.1. The van der Waals surface area contributed by atoms with Crippen molar-refractivity contribution < 1.29 is 28.6 Å². The zero-order chi connectivity index (χ0) is 22.9. The number of carbonyl (C=O) groups excluding carboxylic acids is 3. The Balaban J connectivity index is 0. The van der Waals surface area contributed by atoms with E-state index in [-0.39, 0.29) is 5.97 Å². The fourth-order valence-electron chi connectivity index (χ4n) is 2.46. The van der Waals surface area contributed by atoms with Crippen molar-refractivity contribution in [2.45, 2.75) is 97.8 Å². The highest BCUT2D eigenvalue weighted by Gasteiger charge is 2.01. The highest BCUT2D eigenvalue weighted by molar-refractivity contribution is 5.91. The number of unbranched alkanes of at least 4 members (excludes halogenated alkanes) is 10. The normalized spacial score (nSPS) is 10.1. The molecule has 0 aromatic carbocycles. The minimum atomic E-state index is -0.472. The van der Waals surface area contributed by atoms with Crippen molar-refractivity contribution in [3.05, 3.63) is 25.0 Å². The van der Waals surface area contributed by atoms with Crippen molar-refractivity contribution in [2.24, 2.45) is 0 Å². The molecule has 0 unspecified atom stereocenters. The molecule has 0 spiro atoms. The minimum Gasteiger partial charge on any atom is -0.463 e. The first-order valence-corrected chi connectivity index (χ1v) is 11.3. The van der Waals surface area contributed by atoms with E-state index in [2.05, 4.69) is 25.2 Å². The van der Waals surface area contributed by atoms with Crippen molar-refractivity contribution in [1.82, 2.24) is 0 Å². The van der Waals surface area contributed by atoms with E-state index >= 15 is 0 Å². The Bertz CT molecular complexity index is 438. The van der Waals surface area contributed by atoms with Gasteiger partial charge in [0, 0.05) is 19.1 Å². The van der Waals surface area contributed by atoms with Crippen LogP contribution in [-0.4, -0.2) is 31.1 Å². The van der Waals surface area contributed by atoms with Gasteiger partial charge in [-0.2, -0.15) is 0 Å². The molecule has 0 saturated heterocycles. The van der Waals surface area contributed by atoms with Gasteiger partial charge in [-0.1, -0.05) is 84.6 Å². The van der Waals surface area contributed by atoms with E-state index in [1.807, 2.05) is 0 Å². The molecule has 0 atom stereocenters. The molecular weight excluding hydrogens is 384 g/mol. The highest BCUT2D eigenvalue weighted by Crippen LogP contribution is 2.06. The Morgan fingerprint density at radius 1 is 0.667 bits per heavy atom. The van der Waals surface area contributed by atoms with Crippen LogP contribution in [0.15, 0.2) is 25.0 Å². The molecule has 0 N–H and O–H groups in total. The van der Waals surface area contributed by atoms with Gasteiger partial charge in [0.25, 0.3) is 0 Å². The summed E-state index contributed by atoms with van der Waals surface area (Å²) in [6.07, 6.45) is 17.2. The molecule has 0 aliphatic carbocycles. The van der Waals surface area contributed by atoms with Crippen molar-refractivity contribution in [3.8, 4) is 0 Å². The van der Waals surface area contributed by atoms with Gasteiger partial charge >= 0.3 is 17.9 Å². The summed E-state index contributed by atoms with van der Waals surface area (Å²) in [5.41, 5.74) is 0. The molecule has 0 radical (unpaired) electrons. The molecule has 0 aromatic rings. The van der Waals surface area contributed by atoms with E-state index in [9.17, 15) is 14.4 Å². The Labute approximate surface area is 183 Å². The van der Waals surface area contributed by atoms with Crippen molar-refractivity contribution in [1.29, 1.82) is 0 Å². The van der Waals surface area contributed by atoms with Crippen LogP contribution in [0.2, 0.25) is 0 Å². The van der Waals surface area contributed by atoms with Gasteiger partial charge in [-0.15, -0.1) is 0 Å². The predicted octanol–water partition coefficient (Wildman–Crippen LogP) is 6.04. The van der Waals surface area contributed by atoms with Crippen molar-refractivity contribution >= 4 is 17.9 Å². The van der Waals surface area contributed by atoms with Crippen molar-refractivity contribution in [3.63, 3.8) is 0 Å². The van der Waals surface area contributed by atoms with Gasteiger partial charge in [0.1, 0.15) is 0 Å². The third-order valence-corrected chi connectivity index (χ3v) is 4.09. The first kappa shape index (κ1) is 30.1. The van der Waals surface area contributed by atoms with Crippen LogP contribution in [0.3, 0.4) is 0 Å². The molecule has 6 nitrogen and oxygen atoms in total. The second-order valence-electron chi connectivity index (χ2n) is 6.98. The van der Waals surface area contributed by atoms with Crippen LogP contribution in [0.1, 0.15) is 97.8 Å². The number of hydrogen-bond donors (Lipinski definition) is 0. The smallest absolute Gasteiger partial charge is 0.331 e. The van der Waals surface area contributed by atoms with Gasteiger partial charge in [-0.05, 0) is 12.8 Å². The standard InChI is InChI=1S/C20H36O4.C4H6O2/c1-3-5-7-9-11-13-17-23-19(21)15-16-20(22)24-18-14-12-10-8-6-4-2;1-3-6-4(2)5/h15-16H,3-14,17-18H2,1-2H3;3H,1H2,2H3/b16-15-;. The summed E-state index contributed by atoms with van der Waals surface area (Å²) in [4.78, 5) is 32.6. The summed E-state index contributed by atoms with van der Waals surface area (Å²) in [7, 11) is 0. The van der Waals surface area contributed by atoms with Gasteiger partial charge in [0.2, 0.25) is 0 Å². The van der Waals surface area contributed by atoms with Crippen LogP contribution in [0.5, 0.6) is 0 Å². The summed E-state index contributed by atoms with van der Waals surface area (Å²) in [5, 5.41) is 0. The molecule has 6 heteroatoms. The first-order valence-electron chi connectivity index (χ1n) is 11.3. The summed E-state index contributed by atoms with van der Waals surface area (Å²) in [5.74, 6) is -1.27. The van der Waals surface area contributed by atoms with E-state index in [4.69, 9.17) is 9.47 Å². The second kappa shape index (κ2) is 24.9. The maximum atomic E-state index is 11.4. The Morgan fingerprint density at radius 2 is 1.03 bits per heavy atom. The van der Waals surface area contributed by atoms with Crippen LogP contribution in [-0.2, 0) is 28.6 Å². The van der Waals surface area contributed by atoms with Gasteiger partial charge < -0.3 is 14.2 Å². The van der Waals surface area contributed by atoms with Gasteiger partial charge in [0.15, 0.2) is 0 Å². The molecule has 0 aliphatic heterocycles. The van der Waals surface area contributed by atoms with E-state index in [1.165, 1.54) is 58.3 Å². The maximum absolute atomic E-state index is 11.4. The fourth-order valence-corrected chi connectivity index (χ4v) is 2.46. The molecular formula is C24H42O6. The number of rotatable bonds is 17.